The van der Waals surface area contributed by atoms with Crippen LogP contribution in [-0.2, 0) is 4.79 Å². The summed E-state index contributed by atoms with van der Waals surface area (Å²) in [5.41, 5.74) is 6.74. The van der Waals surface area contributed by atoms with Crippen LogP contribution in [0.5, 0.6) is 5.75 Å². The fourth-order valence-corrected chi connectivity index (χ4v) is 4.59. The largest absolute Gasteiger partial charge is 0.496 e. The van der Waals surface area contributed by atoms with Crippen molar-refractivity contribution < 1.29 is 9.53 Å². The van der Waals surface area contributed by atoms with Crippen molar-refractivity contribution in [2.75, 3.05) is 23.9 Å². The molecule has 0 aromatic heterocycles. The van der Waals surface area contributed by atoms with E-state index in [1.165, 1.54) is 0 Å². The van der Waals surface area contributed by atoms with E-state index in [9.17, 15) is 10.1 Å². The van der Waals surface area contributed by atoms with E-state index in [0.29, 0.717) is 17.0 Å². The van der Waals surface area contributed by atoms with E-state index in [2.05, 4.69) is 50.1 Å². The molecule has 33 heavy (non-hydrogen) atoms. The molecular weight excluding hydrogens is 410 g/mol. The SMILES string of the molecule is CCCN1c2cc(OC)c(/C=C(\C#N)C(=O)Nc3cc(C)cc(C)c3)cc2C(C)=CC1(C)C. The maximum atomic E-state index is 12.9. The zero-order chi connectivity index (χ0) is 24.3. The zero-order valence-corrected chi connectivity index (χ0v) is 20.7. The van der Waals surface area contributed by atoms with Crippen LogP contribution in [0.2, 0.25) is 0 Å². The number of nitriles is 1. The van der Waals surface area contributed by atoms with Crippen LogP contribution in [0.4, 0.5) is 11.4 Å². The molecule has 3 rings (SSSR count). The van der Waals surface area contributed by atoms with Gasteiger partial charge < -0.3 is 15.0 Å². The minimum atomic E-state index is -0.441. The Morgan fingerprint density at radius 3 is 2.39 bits per heavy atom. The molecule has 2 aromatic rings. The summed E-state index contributed by atoms with van der Waals surface area (Å²) in [5, 5.41) is 12.6. The highest BCUT2D eigenvalue weighted by atomic mass is 16.5. The van der Waals surface area contributed by atoms with Crippen LogP contribution < -0.4 is 15.0 Å². The Bertz CT molecular complexity index is 1160. The molecule has 2 aromatic carbocycles. The number of ether oxygens (including phenoxy) is 1. The van der Waals surface area contributed by atoms with Gasteiger partial charge in [-0.2, -0.15) is 5.26 Å². The molecule has 1 amide bonds. The van der Waals surface area contributed by atoms with Gasteiger partial charge in [-0.05, 0) is 82.0 Å². The highest BCUT2D eigenvalue weighted by molar-refractivity contribution is 6.10. The Morgan fingerprint density at radius 1 is 1.15 bits per heavy atom. The van der Waals surface area contributed by atoms with Crippen LogP contribution in [0.15, 0.2) is 42.0 Å². The third-order valence-corrected chi connectivity index (χ3v) is 5.92. The molecule has 1 aliphatic rings. The van der Waals surface area contributed by atoms with Gasteiger partial charge in [-0.1, -0.05) is 19.1 Å². The van der Waals surface area contributed by atoms with E-state index in [4.69, 9.17) is 4.74 Å². The van der Waals surface area contributed by atoms with Crippen LogP contribution in [0, 0.1) is 25.2 Å². The molecule has 0 saturated heterocycles. The minimum absolute atomic E-state index is 0.0237. The summed E-state index contributed by atoms with van der Waals surface area (Å²) in [6.07, 6.45) is 4.90. The third-order valence-electron chi connectivity index (χ3n) is 5.92. The highest BCUT2D eigenvalue weighted by Gasteiger charge is 2.31. The van der Waals surface area contributed by atoms with Gasteiger partial charge in [0.05, 0.1) is 12.6 Å². The quantitative estimate of drug-likeness (QED) is 0.422. The average Bonchev–Trinajstić information content (AvgIpc) is 2.73. The number of allylic oxidation sites excluding steroid dienone is 1. The fourth-order valence-electron chi connectivity index (χ4n) is 4.59. The molecule has 0 saturated carbocycles. The molecule has 0 atom stereocenters. The minimum Gasteiger partial charge on any atom is -0.496 e. The maximum Gasteiger partial charge on any atom is 0.266 e. The van der Waals surface area contributed by atoms with Crippen LogP contribution in [-0.4, -0.2) is 25.1 Å². The maximum absolute atomic E-state index is 12.9. The summed E-state index contributed by atoms with van der Waals surface area (Å²) >= 11 is 0. The summed E-state index contributed by atoms with van der Waals surface area (Å²) in [7, 11) is 1.61. The molecule has 1 N–H and O–H groups in total. The Morgan fingerprint density at radius 2 is 1.82 bits per heavy atom. The molecular formula is C28H33N3O2. The van der Waals surface area contributed by atoms with Gasteiger partial charge in [0.25, 0.3) is 5.91 Å². The summed E-state index contributed by atoms with van der Waals surface area (Å²) in [6, 6.07) is 11.9. The number of nitrogens with zero attached hydrogens (tertiary/aromatic N) is 2. The molecule has 172 valence electrons. The van der Waals surface area contributed by atoms with Crippen molar-refractivity contribution in [1.29, 1.82) is 5.26 Å². The highest BCUT2D eigenvalue weighted by Crippen LogP contribution is 2.42. The van der Waals surface area contributed by atoms with Gasteiger partial charge in [-0.3, -0.25) is 4.79 Å². The van der Waals surface area contributed by atoms with E-state index in [1.807, 2.05) is 44.2 Å². The molecule has 0 fully saturated rings. The van der Waals surface area contributed by atoms with Gasteiger partial charge in [0.15, 0.2) is 0 Å². The van der Waals surface area contributed by atoms with Crippen LogP contribution >= 0.6 is 0 Å². The molecule has 0 spiro atoms. The lowest BCUT2D eigenvalue weighted by Gasteiger charge is -2.43. The van der Waals surface area contributed by atoms with Crippen molar-refractivity contribution in [3.8, 4) is 11.8 Å². The monoisotopic (exact) mass is 443 g/mol. The number of carbonyl (C=O) groups excluding carboxylic acids is 1. The lowest BCUT2D eigenvalue weighted by Crippen LogP contribution is -2.45. The van der Waals surface area contributed by atoms with Crippen LogP contribution in [0.1, 0.15) is 56.4 Å². The van der Waals surface area contributed by atoms with Gasteiger partial charge in [-0.25, -0.2) is 0 Å². The van der Waals surface area contributed by atoms with Gasteiger partial charge in [0.1, 0.15) is 17.4 Å². The molecule has 0 aliphatic carbocycles. The summed E-state index contributed by atoms with van der Waals surface area (Å²) in [6.45, 7) is 13.6. The molecule has 5 nitrogen and oxygen atoms in total. The molecule has 0 bridgehead atoms. The lowest BCUT2D eigenvalue weighted by molar-refractivity contribution is -0.112. The van der Waals surface area contributed by atoms with Crippen molar-refractivity contribution in [3.63, 3.8) is 0 Å². The summed E-state index contributed by atoms with van der Waals surface area (Å²) in [5.74, 6) is 0.190. The first-order valence-corrected chi connectivity index (χ1v) is 11.3. The van der Waals surface area contributed by atoms with Crippen LogP contribution in [0.3, 0.4) is 0 Å². The molecule has 1 heterocycles. The number of anilines is 2. The second-order valence-electron chi connectivity index (χ2n) is 9.24. The van der Waals surface area contributed by atoms with E-state index in [0.717, 1.165) is 40.9 Å². The van der Waals surface area contributed by atoms with E-state index < -0.39 is 5.91 Å². The van der Waals surface area contributed by atoms with Gasteiger partial charge in [0, 0.05) is 35.1 Å². The van der Waals surface area contributed by atoms with E-state index in [1.54, 1.807) is 13.2 Å². The number of amides is 1. The first-order valence-electron chi connectivity index (χ1n) is 11.3. The Labute approximate surface area is 197 Å². The molecule has 5 heteroatoms. The topological polar surface area (TPSA) is 65.4 Å². The molecule has 0 unspecified atom stereocenters. The second-order valence-corrected chi connectivity index (χ2v) is 9.24. The van der Waals surface area contributed by atoms with Crippen molar-refractivity contribution in [3.05, 3.63) is 64.2 Å². The molecule has 1 aliphatic heterocycles. The number of aryl methyl sites for hydroxylation is 2. The number of fused-ring (bicyclic) bond motifs is 1. The van der Waals surface area contributed by atoms with Gasteiger partial charge in [-0.15, -0.1) is 0 Å². The van der Waals surface area contributed by atoms with Crippen molar-refractivity contribution in [1.82, 2.24) is 0 Å². The summed E-state index contributed by atoms with van der Waals surface area (Å²) < 4.78 is 5.68. The fraction of sp³-hybridized carbons (Fsp3) is 0.357. The number of methoxy groups -OCH3 is 1. The Balaban J connectivity index is 2.04. The zero-order valence-electron chi connectivity index (χ0n) is 20.7. The normalized spacial score (nSPS) is 14.8. The predicted molar refractivity (Wildman–Crippen MR) is 136 cm³/mol. The number of hydrogen-bond donors (Lipinski definition) is 1. The lowest BCUT2D eigenvalue weighted by atomic mass is 9.87. The standard InChI is InChI=1S/C28H33N3O2/c1-8-9-31-25-15-26(33-7)21(14-24(25)20(4)16-28(31,5)6)13-22(17-29)27(32)30-23-11-18(2)10-19(3)12-23/h10-16H,8-9H2,1-7H3,(H,30,32)/b22-13+. The van der Waals surface area contributed by atoms with E-state index >= 15 is 0 Å². The average molecular weight is 444 g/mol. The Hall–Kier alpha value is -3.52. The van der Waals surface area contributed by atoms with Crippen molar-refractivity contribution in [2.45, 2.75) is 53.5 Å². The first-order chi connectivity index (χ1) is 15.6. The van der Waals surface area contributed by atoms with Crippen LogP contribution in [0.25, 0.3) is 11.6 Å². The van der Waals surface area contributed by atoms with Crippen molar-refractivity contribution >= 4 is 28.9 Å². The number of rotatable bonds is 6. The van der Waals surface area contributed by atoms with E-state index in [-0.39, 0.29) is 11.1 Å². The smallest absolute Gasteiger partial charge is 0.266 e. The molecule has 0 radical (unpaired) electrons. The number of hydrogen-bond acceptors (Lipinski definition) is 4. The first kappa shape index (κ1) is 24.1. The number of nitrogens with one attached hydrogen (secondary N) is 1. The number of benzene rings is 2. The number of carbonyl (C=O) groups is 1. The van der Waals surface area contributed by atoms with Crippen molar-refractivity contribution in [2.24, 2.45) is 0 Å². The third kappa shape index (κ3) is 5.12. The van der Waals surface area contributed by atoms with Gasteiger partial charge in [0.2, 0.25) is 0 Å². The Kier molecular flexibility index (Phi) is 6.98. The predicted octanol–water partition coefficient (Wildman–Crippen LogP) is 6.27. The second kappa shape index (κ2) is 9.54. The summed E-state index contributed by atoms with van der Waals surface area (Å²) in [4.78, 5) is 15.3. The van der Waals surface area contributed by atoms with Gasteiger partial charge >= 0.3 is 0 Å².